The van der Waals surface area contributed by atoms with Crippen LogP contribution >= 0.6 is 24.0 Å². The topological polar surface area (TPSA) is 93.4 Å². The van der Waals surface area contributed by atoms with E-state index < -0.39 is 0 Å². The van der Waals surface area contributed by atoms with Gasteiger partial charge >= 0.3 is 0 Å². The van der Waals surface area contributed by atoms with Gasteiger partial charge in [-0.1, -0.05) is 11.2 Å². The second kappa shape index (κ2) is 8.80. The Bertz CT molecular complexity index is 624. The molecule has 3 rings (SSSR count). The molecule has 0 spiro atoms. The maximum atomic E-state index is 6.01. The summed E-state index contributed by atoms with van der Waals surface area (Å²) in [7, 11) is 0. The van der Waals surface area contributed by atoms with Crippen LogP contribution in [0.25, 0.3) is 11.6 Å². The van der Waals surface area contributed by atoms with Crippen LogP contribution in [0.15, 0.2) is 33.9 Å². The van der Waals surface area contributed by atoms with Crippen molar-refractivity contribution >= 4 is 29.9 Å². The molecule has 7 nitrogen and oxygen atoms in total. The van der Waals surface area contributed by atoms with Crippen LogP contribution < -0.4 is 5.73 Å². The Morgan fingerprint density at radius 1 is 1.26 bits per heavy atom. The molecule has 0 atom stereocenters. The number of rotatable bonds is 4. The van der Waals surface area contributed by atoms with Crippen molar-refractivity contribution in [3.05, 3.63) is 30.2 Å². The van der Waals surface area contributed by atoms with E-state index in [0.29, 0.717) is 36.3 Å². The standard InChI is InChI=1S/C15H20N6O.HI/c16-15(21-10-4-1-5-11-21)18-9-7-13-19-14(22-20-13)12-6-2-3-8-17-12;/h2-3,6,8H,1,4-5,7,9-11H2,(H2,16,18);1H. The number of nitrogens with two attached hydrogens (primary N) is 1. The summed E-state index contributed by atoms with van der Waals surface area (Å²) >= 11 is 0. The molecule has 0 aliphatic carbocycles. The minimum absolute atomic E-state index is 0. The Kier molecular flexibility index (Phi) is 6.75. The highest BCUT2D eigenvalue weighted by Crippen LogP contribution is 2.13. The van der Waals surface area contributed by atoms with Gasteiger partial charge in [-0.25, -0.2) is 0 Å². The lowest BCUT2D eigenvalue weighted by molar-refractivity contribution is 0.338. The summed E-state index contributed by atoms with van der Waals surface area (Å²) < 4.78 is 5.21. The van der Waals surface area contributed by atoms with E-state index in [1.165, 1.54) is 19.3 Å². The highest BCUT2D eigenvalue weighted by molar-refractivity contribution is 14.0. The number of hydrogen-bond acceptors (Lipinski definition) is 5. The maximum absolute atomic E-state index is 6.01. The predicted molar refractivity (Wildman–Crippen MR) is 98.6 cm³/mol. The largest absolute Gasteiger partial charge is 0.370 e. The van der Waals surface area contributed by atoms with E-state index in [1.54, 1.807) is 6.20 Å². The number of piperidine rings is 1. The van der Waals surface area contributed by atoms with Crippen molar-refractivity contribution in [3.63, 3.8) is 0 Å². The van der Waals surface area contributed by atoms with E-state index in [2.05, 4.69) is 25.0 Å². The SMILES string of the molecule is I.NC(=NCCc1noc(-c2ccccn2)n1)N1CCCCC1. The monoisotopic (exact) mass is 428 g/mol. The highest BCUT2D eigenvalue weighted by atomic mass is 127. The van der Waals surface area contributed by atoms with Gasteiger partial charge in [0, 0.05) is 32.3 Å². The smallest absolute Gasteiger partial charge is 0.276 e. The molecule has 0 unspecified atom stereocenters. The van der Waals surface area contributed by atoms with Crippen LogP contribution in [0.3, 0.4) is 0 Å². The zero-order valence-electron chi connectivity index (χ0n) is 12.9. The Hall–Kier alpha value is -1.71. The Balaban J connectivity index is 0.00000192. The third kappa shape index (κ3) is 4.88. The predicted octanol–water partition coefficient (Wildman–Crippen LogP) is 2.09. The van der Waals surface area contributed by atoms with Crippen LogP contribution in [0, 0.1) is 0 Å². The first-order valence-corrected chi connectivity index (χ1v) is 7.62. The molecule has 2 N–H and O–H groups in total. The summed E-state index contributed by atoms with van der Waals surface area (Å²) in [5.41, 5.74) is 6.69. The first-order chi connectivity index (χ1) is 10.8. The number of hydrogen-bond donors (Lipinski definition) is 1. The van der Waals surface area contributed by atoms with Crippen molar-refractivity contribution in [2.75, 3.05) is 19.6 Å². The summed E-state index contributed by atoms with van der Waals surface area (Å²) in [5.74, 6) is 1.67. The molecule has 1 aliphatic heterocycles. The molecular weight excluding hydrogens is 407 g/mol. The van der Waals surface area contributed by atoms with Crippen LogP contribution in [-0.4, -0.2) is 45.6 Å². The number of halogens is 1. The molecular formula is C15H21IN6O. The van der Waals surface area contributed by atoms with E-state index in [0.717, 1.165) is 13.1 Å². The molecule has 0 saturated carbocycles. The van der Waals surface area contributed by atoms with Crippen molar-refractivity contribution < 1.29 is 4.52 Å². The molecule has 3 heterocycles. The summed E-state index contributed by atoms with van der Waals surface area (Å²) in [4.78, 5) is 15.1. The van der Waals surface area contributed by atoms with Crippen LogP contribution in [0.1, 0.15) is 25.1 Å². The van der Waals surface area contributed by atoms with E-state index in [9.17, 15) is 0 Å². The molecule has 0 amide bonds. The van der Waals surface area contributed by atoms with Gasteiger partial charge in [-0.3, -0.25) is 9.98 Å². The van der Waals surface area contributed by atoms with Gasteiger partial charge in [-0.2, -0.15) is 4.98 Å². The second-order valence-corrected chi connectivity index (χ2v) is 5.27. The van der Waals surface area contributed by atoms with Gasteiger partial charge in [0.25, 0.3) is 5.89 Å². The Morgan fingerprint density at radius 3 is 2.83 bits per heavy atom. The molecule has 0 aromatic carbocycles. The van der Waals surface area contributed by atoms with E-state index >= 15 is 0 Å². The number of guanidine groups is 1. The van der Waals surface area contributed by atoms with Crippen molar-refractivity contribution in [2.45, 2.75) is 25.7 Å². The van der Waals surface area contributed by atoms with Crippen LogP contribution in [0.4, 0.5) is 0 Å². The van der Waals surface area contributed by atoms with Crippen LogP contribution in [-0.2, 0) is 6.42 Å². The summed E-state index contributed by atoms with van der Waals surface area (Å²) in [6, 6.07) is 5.57. The second-order valence-electron chi connectivity index (χ2n) is 5.27. The number of aromatic nitrogens is 3. The third-order valence-corrected chi connectivity index (χ3v) is 3.64. The molecule has 0 radical (unpaired) electrons. The number of likely N-dealkylation sites (tertiary alicyclic amines) is 1. The molecule has 23 heavy (non-hydrogen) atoms. The summed E-state index contributed by atoms with van der Waals surface area (Å²) in [5, 5.41) is 3.95. The maximum Gasteiger partial charge on any atom is 0.276 e. The highest BCUT2D eigenvalue weighted by Gasteiger charge is 2.12. The molecule has 1 fully saturated rings. The van der Waals surface area contributed by atoms with Gasteiger partial charge in [0.15, 0.2) is 11.8 Å². The molecule has 1 saturated heterocycles. The third-order valence-electron chi connectivity index (χ3n) is 3.64. The lowest BCUT2D eigenvalue weighted by Gasteiger charge is -2.27. The minimum Gasteiger partial charge on any atom is -0.370 e. The van der Waals surface area contributed by atoms with Crippen LogP contribution in [0.2, 0.25) is 0 Å². The molecule has 8 heteroatoms. The lowest BCUT2D eigenvalue weighted by atomic mass is 10.1. The number of aliphatic imine (C=N–C) groups is 1. The molecule has 124 valence electrons. The minimum atomic E-state index is 0. The fourth-order valence-electron chi connectivity index (χ4n) is 2.44. The normalized spacial score (nSPS) is 15.3. The van der Waals surface area contributed by atoms with Gasteiger partial charge < -0.3 is 15.2 Å². The van der Waals surface area contributed by atoms with Crippen LogP contribution in [0.5, 0.6) is 0 Å². The van der Waals surface area contributed by atoms with Crippen molar-refractivity contribution in [1.29, 1.82) is 0 Å². The zero-order chi connectivity index (χ0) is 15.2. The zero-order valence-corrected chi connectivity index (χ0v) is 15.2. The number of pyridine rings is 1. The van der Waals surface area contributed by atoms with Gasteiger partial charge in [0.1, 0.15) is 5.69 Å². The van der Waals surface area contributed by atoms with E-state index in [4.69, 9.17) is 10.3 Å². The van der Waals surface area contributed by atoms with Gasteiger partial charge in [-0.05, 0) is 31.4 Å². The van der Waals surface area contributed by atoms with Gasteiger partial charge in [0.2, 0.25) is 0 Å². The summed E-state index contributed by atoms with van der Waals surface area (Å²) in [6.45, 7) is 2.56. The van der Waals surface area contributed by atoms with Crippen molar-refractivity contribution in [3.8, 4) is 11.6 Å². The van der Waals surface area contributed by atoms with Gasteiger partial charge in [0.05, 0.1) is 0 Å². The van der Waals surface area contributed by atoms with E-state index in [-0.39, 0.29) is 24.0 Å². The quantitative estimate of drug-likeness (QED) is 0.456. The first-order valence-electron chi connectivity index (χ1n) is 7.62. The van der Waals surface area contributed by atoms with Crippen molar-refractivity contribution in [1.82, 2.24) is 20.0 Å². The molecule has 2 aromatic heterocycles. The van der Waals surface area contributed by atoms with Crippen molar-refractivity contribution in [2.24, 2.45) is 10.7 Å². The average Bonchev–Trinajstić information content (AvgIpc) is 3.05. The average molecular weight is 428 g/mol. The van der Waals surface area contributed by atoms with E-state index in [1.807, 2.05) is 18.2 Å². The number of nitrogens with zero attached hydrogens (tertiary/aromatic N) is 5. The van der Waals surface area contributed by atoms with Gasteiger partial charge in [-0.15, -0.1) is 24.0 Å². The first kappa shape index (κ1) is 17.6. The summed E-state index contributed by atoms with van der Waals surface area (Å²) in [6.07, 6.45) is 5.96. The Morgan fingerprint density at radius 2 is 2.09 bits per heavy atom. The Labute approximate surface area is 152 Å². The molecule has 0 bridgehead atoms. The lowest BCUT2D eigenvalue weighted by Crippen LogP contribution is -2.41. The fourth-order valence-corrected chi connectivity index (χ4v) is 2.44. The fraction of sp³-hybridized carbons (Fsp3) is 0.467. The molecule has 2 aromatic rings. The molecule has 1 aliphatic rings.